The Morgan fingerprint density at radius 1 is 1.19 bits per heavy atom. The predicted molar refractivity (Wildman–Crippen MR) is 104 cm³/mol. The Labute approximate surface area is 157 Å². The van der Waals surface area contributed by atoms with Crippen LogP contribution in [0.25, 0.3) is 11.0 Å². The number of sulfonamides is 1. The molecule has 1 amide bonds. The third-order valence-electron chi connectivity index (χ3n) is 4.68. The van der Waals surface area contributed by atoms with Gasteiger partial charge in [-0.3, -0.25) is 9.10 Å². The Balaban J connectivity index is 1.48. The third kappa shape index (κ3) is 3.40. The van der Waals surface area contributed by atoms with Crippen LogP contribution in [0.4, 0.5) is 5.69 Å². The average Bonchev–Trinajstić information content (AvgIpc) is 3.24. The molecule has 1 atom stereocenters. The van der Waals surface area contributed by atoms with Gasteiger partial charge < -0.3 is 10.3 Å². The van der Waals surface area contributed by atoms with Crippen LogP contribution in [0.15, 0.2) is 48.5 Å². The van der Waals surface area contributed by atoms with Crippen LogP contribution in [0.2, 0.25) is 0 Å². The molecule has 1 saturated heterocycles. The zero-order chi connectivity index (χ0) is 19.0. The molecule has 8 heteroatoms. The average molecular weight is 384 g/mol. The molecule has 3 aromatic rings. The molecule has 1 aliphatic heterocycles. The van der Waals surface area contributed by atoms with E-state index < -0.39 is 10.0 Å². The SMILES string of the molecule is CC(NC(=O)c1ccc(N2CCCS2(=O)=O)cc1)c1nc2ccccc2[nH]1. The van der Waals surface area contributed by atoms with E-state index in [1.165, 1.54) is 4.31 Å². The van der Waals surface area contributed by atoms with Crippen LogP contribution in [-0.4, -0.2) is 36.6 Å². The highest BCUT2D eigenvalue weighted by Gasteiger charge is 2.28. The first kappa shape index (κ1) is 17.5. The first-order valence-corrected chi connectivity index (χ1v) is 10.4. The van der Waals surface area contributed by atoms with Crippen molar-refractivity contribution in [3.63, 3.8) is 0 Å². The molecule has 1 fully saturated rings. The molecule has 2 aromatic carbocycles. The van der Waals surface area contributed by atoms with Gasteiger partial charge in [0.15, 0.2) is 0 Å². The Morgan fingerprint density at radius 3 is 2.59 bits per heavy atom. The van der Waals surface area contributed by atoms with Crippen molar-refractivity contribution in [2.75, 3.05) is 16.6 Å². The predicted octanol–water partition coefficient (Wildman–Crippen LogP) is 2.59. The number of para-hydroxylation sites is 2. The minimum atomic E-state index is -3.22. The molecule has 2 heterocycles. The second-order valence-corrected chi connectivity index (χ2v) is 8.64. The monoisotopic (exact) mass is 384 g/mol. The molecule has 1 unspecified atom stereocenters. The quantitative estimate of drug-likeness (QED) is 0.723. The normalized spacial score (nSPS) is 17.1. The number of carbonyl (C=O) groups excluding carboxylic acids is 1. The first-order chi connectivity index (χ1) is 12.9. The lowest BCUT2D eigenvalue weighted by Crippen LogP contribution is -2.28. The van der Waals surface area contributed by atoms with Gasteiger partial charge in [-0.2, -0.15) is 0 Å². The first-order valence-electron chi connectivity index (χ1n) is 8.80. The summed E-state index contributed by atoms with van der Waals surface area (Å²) in [5, 5.41) is 2.91. The van der Waals surface area contributed by atoms with E-state index >= 15 is 0 Å². The highest BCUT2D eigenvalue weighted by atomic mass is 32.2. The number of nitrogens with one attached hydrogen (secondary N) is 2. The molecule has 0 saturated carbocycles. The third-order valence-corrected chi connectivity index (χ3v) is 6.55. The summed E-state index contributed by atoms with van der Waals surface area (Å²) >= 11 is 0. The number of nitrogens with zero attached hydrogens (tertiary/aromatic N) is 2. The Bertz CT molecular complexity index is 1060. The lowest BCUT2D eigenvalue weighted by atomic mass is 10.1. The van der Waals surface area contributed by atoms with Crippen molar-refractivity contribution >= 4 is 32.7 Å². The fourth-order valence-electron chi connectivity index (χ4n) is 3.23. The standard InChI is InChI=1S/C19H20N4O3S/c1-13(18-21-16-5-2-3-6-17(16)22-18)20-19(24)14-7-9-15(10-8-14)23-11-4-12-27(23,25)26/h2-3,5-10,13H,4,11-12H2,1H3,(H,20,24)(H,21,22). The number of benzene rings is 2. The molecule has 0 spiro atoms. The number of H-pyrrole nitrogens is 1. The summed E-state index contributed by atoms with van der Waals surface area (Å²) in [7, 11) is -3.22. The van der Waals surface area contributed by atoms with Gasteiger partial charge in [-0.15, -0.1) is 0 Å². The molecule has 1 aromatic heterocycles. The largest absolute Gasteiger partial charge is 0.342 e. The minimum absolute atomic E-state index is 0.171. The topological polar surface area (TPSA) is 95.2 Å². The van der Waals surface area contributed by atoms with E-state index in [9.17, 15) is 13.2 Å². The van der Waals surface area contributed by atoms with E-state index in [0.29, 0.717) is 30.0 Å². The number of aromatic amines is 1. The fourth-order valence-corrected chi connectivity index (χ4v) is 4.80. The molecule has 7 nitrogen and oxygen atoms in total. The maximum atomic E-state index is 12.5. The van der Waals surface area contributed by atoms with Crippen LogP contribution in [0.5, 0.6) is 0 Å². The molecule has 1 aliphatic rings. The highest BCUT2D eigenvalue weighted by molar-refractivity contribution is 7.93. The van der Waals surface area contributed by atoms with Crippen molar-refractivity contribution in [3.05, 3.63) is 59.9 Å². The van der Waals surface area contributed by atoms with Crippen LogP contribution >= 0.6 is 0 Å². The Hall–Kier alpha value is -2.87. The van der Waals surface area contributed by atoms with Gasteiger partial charge in [-0.1, -0.05) is 12.1 Å². The lowest BCUT2D eigenvalue weighted by molar-refractivity contribution is 0.0938. The van der Waals surface area contributed by atoms with Gasteiger partial charge >= 0.3 is 0 Å². The molecule has 140 valence electrons. The summed E-state index contributed by atoms with van der Waals surface area (Å²) < 4.78 is 25.4. The summed E-state index contributed by atoms with van der Waals surface area (Å²) in [6.45, 7) is 2.34. The molecule has 0 bridgehead atoms. The van der Waals surface area contributed by atoms with Crippen LogP contribution in [0.1, 0.15) is 35.6 Å². The van der Waals surface area contributed by atoms with Crippen molar-refractivity contribution < 1.29 is 13.2 Å². The second kappa shape index (κ2) is 6.70. The van der Waals surface area contributed by atoms with E-state index in [-0.39, 0.29) is 17.7 Å². The summed E-state index contributed by atoms with van der Waals surface area (Å²) in [4.78, 5) is 20.2. The van der Waals surface area contributed by atoms with Crippen molar-refractivity contribution in [1.82, 2.24) is 15.3 Å². The highest BCUT2D eigenvalue weighted by Crippen LogP contribution is 2.24. The Kier molecular flexibility index (Phi) is 4.35. The zero-order valence-electron chi connectivity index (χ0n) is 14.8. The van der Waals surface area contributed by atoms with Crippen molar-refractivity contribution in [1.29, 1.82) is 0 Å². The van der Waals surface area contributed by atoms with Crippen LogP contribution in [-0.2, 0) is 10.0 Å². The van der Waals surface area contributed by atoms with Crippen molar-refractivity contribution in [2.24, 2.45) is 0 Å². The summed E-state index contributed by atoms with van der Waals surface area (Å²) in [5.74, 6) is 0.618. The number of amides is 1. The van der Waals surface area contributed by atoms with E-state index in [4.69, 9.17) is 0 Å². The molecular formula is C19H20N4O3S. The van der Waals surface area contributed by atoms with Gasteiger partial charge in [0.05, 0.1) is 28.5 Å². The Morgan fingerprint density at radius 2 is 1.93 bits per heavy atom. The van der Waals surface area contributed by atoms with E-state index in [0.717, 1.165) is 11.0 Å². The maximum Gasteiger partial charge on any atom is 0.251 e. The summed E-state index contributed by atoms with van der Waals surface area (Å²) in [5.41, 5.74) is 2.84. The number of anilines is 1. The van der Waals surface area contributed by atoms with E-state index in [1.54, 1.807) is 24.3 Å². The van der Waals surface area contributed by atoms with E-state index in [1.807, 2.05) is 31.2 Å². The van der Waals surface area contributed by atoms with Crippen LogP contribution < -0.4 is 9.62 Å². The molecular weight excluding hydrogens is 364 g/mol. The van der Waals surface area contributed by atoms with Crippen molar-refractivity contribution in [2.45, 2.75) is 19.4 Å². The lowest BCUT2D eigenvalue weighted by Gasteiger charge is -2.17. The molecule has 4 rings (SSSR count). The van der Waals surface area contributed by atoms with Crippen LogP contribution in [0, 0.1) is 0 Å². The second-order valence-electron chi connectivity index (χ2n) is 6.62. The molecule has 0 aliphatic carbocycles. The zero-order valence-corrected chi connectivity index (χ0v) is 15.7. The number of hydrogen-bond acceptors (Lipinski definition) is 4. The molecule has 0 radical (unpaired) electrons. The number of fused-ring (bicyclic) bond motifs is 1. The number of imidazole rings is 1. The van der Waals surface area contributed by atoms with Gasteiger partial charge in [0.2, 0.25) is 10.0 Å². The number of rotatable bonds is 4. The number of carbonyl (C=O) groups is 1. The van der Waals surface area contributed by atoms with Gasteiger partial charge in [0, 0.05) is 12.1 Å². The van der Waals surface area contributed by atoms with Crippen LogP contribution in [0.3, 0.4) is 0 Å². The smallest absolute Gasteiger partial charge is 0.251 e. The van der Waals surface area contributed by atoms with E-state index in [2.05, 4.69) is 15.3 Å². The van der Waals surface area contributed by atoms with Gasteiger partial charge in [0.1, 0.15) is 5.82 Å². The minimum Gasteiger partial charge on any atom is -0.342 e. The number of aromatic nitrogens is 2. The maximum absolute atomic E-state index is 12.5. The summed E-state index contributed by atoms with van der Waals surface area (Å²) in [6, 6.07) is 14.0. The molecule has 2 N–H and O–H groups in total. The van der Waals surface area contributed by atoms with Gasteiger partial charge in [0.25, 0.3) is 5.91 Å². The van der Waals surface area contributed by atoms with Gasteiger partial charge in [-0.05, 0) is 49.7 Å². The fraction of sp³-hybridized carbons (Fsp3) is 0.263. The summed E-state index contributed by atoms with van der Waals surface area (Å²) in [6.07, 6.45) is 0.625. The molecule has 27 heavy (non-hydrogen) atoms. The van der Waals surface area contributed by atoms with Gasteiger partial charge in [-0.25, -0.2) is 13.4 Å². The number of hydrogen-bond donors (Lipinski definition) is 2. The van der Waals surface area contributed by atoms with Crippen molar-refractivity contribution in [3.8, 4) is 0 Å².